The van der Waals surface area contributed by atoms with E-state index >= 15 is 0 Å². The number of benzene rings is 1. The molecule has 4 nitrogen and oxygen atoms in total. The van der Waals surface area contributed by atoms with Crippen LogP contribution >= 0.6 is 0 Å². The monoisotopic (exact) mass is 251 g/mol. The van der Waals surface area contributed by atoms with E-state index in [-0.39, 0.29) is 11.7 Å². The molecule has 0 fully saturated rings. The van der Waals surface area contributed by atoms with E-state index in [1.165, 1.54) is 12.1 Å². The Balaban J connectivity index is 2.23. The van der Waals surface area contributed by atoms with Crippen LogP contribution in [0.25, 0.3) is 0 Å². The van der Waals surface area contributed by atoms with Gasteiger partial charge in [-0.1, -0.05) is 24.3 Å². The van der Waals surface area contributed by atoms with Gasteiger partial charge < -0.3 is 14.3 Å². The normalized spacial score (nSPS) is 11.3. The molecule has 0 heterocycles. The van der Waals surface area contributed by atoms with Gasteiger partial charge in [0.15, 0.2) is 0 Å². The Morgan fingerprint density at radius 3 is 2.39 bits per heavy atom. The summed E-state index contributed by atoms with van der Waals surface area (Å²) in [4.78, 5) is 11.5. The number of carbonyl (C=O) groups is 1. The molecular formula is C14H21NO3. The van der Waals surface area contributed by atoms with Crippen molar-refractivity contribution in [1.82, 2.24) is 0 Å². The number of hydrogen-bond acceptors (Lipinski definition) is 3. The molecular weight excluding hydrogens is 230 g/mol. The first kappa shape index (κ1) is 14.5. The van der Waals surface area contributed by atoms with Gasteiger partial charge in [0, 0.05) is 6.42 Å². The first-order chi connectivity index (χ1) is 8.37. The topological polar surface area (TPSA) is 49.4 Å². The van der Waals surface area contributed by atoms with Gasteiger partial charge in [-0.05, 0) is 12.0 Å². The third kappa shape index (κ3) is 6.25. The number of aryl methyl sites for hydroxylation is 1. The number of esters is 1. The molecule has 0 atom stereocenters. The molecule has 0 aliphatic rings. The minimum Gasteiger partial charge on any atom is -0.872 e. The molecule has 0 aromatic heterocycles. The Bertz CT molecular complexity index is 379. The van der Waals surface area contributed by atoms with Gasteiger partial charge >= 0.3 is 5.97 Å². The van der Waals surface area contributed by atoms with E-state index in [1.54, 1.807) is 12.1 Å². The van der Waals surface area contributed by atoms with Crippen molar-refractivity contribution in [1.29, 1.82) is 0 Å². The smallest absolute Gasteiger partial charge is 0.306 e. The van der Waals surface area contributed by atoms with Gasteiger partial charge in [0.1, 0.15) is 13.2 Å². The molecule has 100 valence electrons. The Labute approximate surface area is 108 Å². The van der Waals surface area contributed by atoms with Crippen LogP contribution in [-0.2, 0) is 16.0 Å². The maximum Gasteiger partial charge on any atom is 0.306 e. The number of likely N-dealkylation sites (N-methyl/N-ethyl adjacent to an activating group) is 1. The summed E-state index contributed by atoms with van der Waals surface area (Å²) < 4.78 is 5.92. The molecule has 1 aromatic carbocycles. The minimum absolute atomic E-state index is 0.00993. The third-order valence-corrected chi connectivity index (χ3v) is 2.57. The summed E-state index contributed by atoms with van der Waals surface area (Å²) in [6.07, 6.45) is 0.971. The maximum atomic E-state index is 11.5. The van der Waals surface area contributed by atoms with Crippen LogP contribution in [0.15, 0.2) is 24.3 Å². The van der Waals surface area contributed by atoms with Gasteiger partial charge in [-0.2, -0.15) is 0 Å². The molecule has 0 saturated carbocycles. The molecule has 1 aromatic rings. The number of nitrogens with zero attached hydrogens (tertiary/aromatic N) is 1. The number of quaternary nitrogens is 1. The molecule has 0 aliphatic heterocycles. The Morgan fingerprint density at radius 2 is 1.83 bits per heavy atom. The van der Waals surface area contributed by atoms with E-state index in [1.807, 2.05) is 0 Å². The van der Waals surface area contributed by atoms with Gasteiger partial charge in [-0.25, -0.2) is 0 Å². The van der Waals surface area contributed by atoms with E-state index in [0.717, 1.165) is 16.6 Å². The lowest BCUT2D eigenvalue weighted by Gasteiger charge is -2.23. The average Bonchev–Trinajstić information content (AvgIpc) is 2.26. The minimum atomic E-state index is -0.186. The van der Waals surface area contributed by atoms with E-state index in [4.69, 9.17) is 4.74 Å². The standard InChI is InChI=1S/C14H21NO3/c1-15(2,3)10-11-18-14(17)9-6-12-4-7-13(16)8-5-12/h4-5,7-8H,6,9-11H2,1-3H3. The van der Waals surface area contributed by atoms with Crippen LogP contribution in [0.3, 0.4) is 0 Å². The second kappa shape index (κ2) is 6.40. The summed E-state index contributed by atoms with van der Waals surface area (Å²) in [5.41, 5.74) is 0.984. The molecule has 0 aliphatic carbocycles. The van der Waals surface area contributed by atoms with Crippen LogP contribution < -0.4 is 5.11 Å². The van der Waals surface area contributed by atoms with Crippen LogP contribution in [0, 0.1) is 0 Å². The molecule has 0 spiro atoms. The van der Waals surface area contributed by atoms with Crippen molar-refractivity contribution >= 4 is 5.97 Å². The van der Waals surface area contributed by atoms with Gasteiger partial charge in [-0.3, -0.25) is 4.79 Å². The predicted octanol–water partition coefficient (Wildman–Crippen LogP) is 0.942. The van der Waals surface area contributed by atoms with Gasteiger partial charge in [0.05, 0.1) is 21.1 Å². The average molecular weight is 251 g/mol. The largest absolute Gasteiger partial charge is 0.872 e. The fourth-order valence-electron chi connectivity index (χ4n) is 1.41. The maximum absolute atomic E-state index is 11.5. The number of ether oxygens (including phenoxy) is 1. The Kier molecular flexibility index (Phi) is 5.16. The second-order valence-corrected chi connectivity index (χ2v) is 5.38. The zero-order chi connectivity index (χ0) is 13.6. The Hall–Kier alpha value is -1.55. The quantitative estimate of drug-likeness (QED) is 0.558. The fraction of sp³-hybridized carbons (Fsp3) is 0.500. The summed E-state index contributed by atoms with van der Waals surface area (Å²) in [7, 11) is 6.16. The SMILES string of the molecule is C[N+](C)(C)CCOC(=O)CCc1ccc([O-])cc1. The highest BCUT2D eigenvalue weighted by Gasteiger charge is 2.09. The van der Waals surface area contributed by atoms with Crippen molar-refractivity contribution in [2.75, 3.05) is 34.3 Å². The third-order valence-electron chi connectivity index (χ3n) is 2.57. The number of hydrogen-bond donors (Lipinski definition) is 0. The molecule has 0 bridgehead atoms. The van der Waals surface area contributed by atoms with E-state index < -0.39 is 0 Å². The molecule has 0 N–H and O–H groups in total. The van der Waals surface area contributed by atoms with Gasteiger partial charge in [0.2, 0.25) is 0 Å². The zero-order valence-electron chi connectivity index (χ0n) is 11.3. The van der Waals surface area contributed by atoms with Crippen molar-refractivity contribution < 1.29 is 19.1 Å². The molecule has 18 heavy (non-hydrogen) atoms. The molecule has 1 rings (SSSR count). The molecule has 4 heteroatoms. The molecule has 0 saturated heterocycles. The van der Waals surface area contributed by atoms with Crippen molar-refractivity contribution in [3.05, 3.63) is 29.8 Å². The van der Waals surface area contributed by atoms with Crippen molar-refractivity contribution in [2.45, 2.75) is 12.8 Å². The predicted molar refractivity (Wildman–Crippen MR) is 68.1 cm³/mol. The van der Waals surface area contributed by atoms with Gasteiger partial charge in [-0.15, -0.1) is 5.75 Å². The molecule has 0 unspecified atom stereocenters. The summed E-state index contributed by atoms with van der Waals surface area (Å²) in [5, 5.41) is 10.9. The summed E-state index contributed by atoms with van der Waals surface area (Å²) in [6.45, 7) is 1.25. The summed E-state index contributed by atoms with van der Waals surface area (Å²) >= 11 is 0. The fourth-order valence-corrected chi connectivity index (χ4v) is 1.41. The second-order valence-electron chi connectivity index (χ2n) is 5.38. The first-order valence-corrected chi connectivity index (χ1v) is 6.09. The number of carbonyl (C=O) groups excluding carboxylic acids is 1. The van der Waals surface area contributed by atoms with Crippen LogP contribution in [0.4, 0.5) is 0 Å². The van der Waals surface area contributed by atoms with Crippen LogP contribution in [0.2, 0.25) is 0 Å². The highest BCUT2D eigenvalue weighted by Crippen LogP contribution is 2.09. The van der Waals surface area contributed by atoms with Crippen molar-refractivity contribution in [3.63, 3.8) is 0 Å². The van der Waals surface area contributed by atoms with E-state index in [0.29, 0.717) is 19.4 Å². The van der Waals surface area contributed by atoms with Gasteiger partial charge in [0.25, 0.3) is 0 Å². The summed E-state index contributed by atoms with van der Waals surface area (Å²) in [5.74, 6) is -0.195. The summed E-state index contributed by atoms with van der Waals surface area (Å²) in [6, 6.07) is 6.53. The highest BCUT2D eigenvalue weighted by molar-refractivity contribution is 5.69. The van der Waals surface area contributed by atoms with E-state index in [9.17, 15) is 9.90 Å². The van der Waals surface area contributed by atoms with Crippen LogP contribution in [0.1, 0.15) is 12.0 Å². The van der Waals surface area contributed by atoms with E-state index in [2.05, 4.69) is 21.1 Å². The highest BCUT2D eigenvalue weighted by atomic mass is 16.5. The van der Waals surface area contributed by atoms with Crippen molar-refractivity contribution in [3.8, 4) is 5.75 Å². The number of rotatable bonds is 6. The lowest BCUT2D eigenvalue weighted by molar-refractivity contribution is -0.870. The lowest BCUT2D eigenvalue weighted by atomic mass is 10.1. The van der Waals surface area contributed by atoms with Crippen LogP contribution in [0.5, 0.6) is 5.75 Å². The molecule has 0 amide bonds. The molecule has 0 radical (unpaired) electrons. The van der Waals surface area contributed by atoms with Crippen LogP contribution in [-0.4, -0.2) is 44.7 Å². The van der Waals surface area contributed by atoms with Crippen molar-refractivity contribution in [2.24, 2.45) is 0 Å². The zero-order valence-corrected chi connectivity index (χ0v) is 11.3. The first-order valence-electron chi connectivity index (χ1n) is 6.09. The Morgan fingerprint density at radius 1 is 1.22 bits per heavy atom. The lowest BCUT2D eigenvalue weighted by Crippen LogP contribution is -2.38.